The van der Waals surface area contributed by atoms with Crippen molar-refractivity contribution in [3.8, 4) is 0 Å². The van der Waals surface area contributed by atoms with Crippen molar-refractivity contribution in [2.24, 2.45) is 5.92 Å². The molecule has 0 fully saturated rings. The topological polar surface area (TPSA) is 29.5 Å². The minimum absolute atomic E-state index is 0.163. The first kappa shape index (κ1) is 20.0. The molecule has 0 amide bonds. The summed E-state index contributed by atoms with van der Waals surface area (Å²) in [5.74, 6) is -1.28. The molecule has 2 rings (SSSR count). The number of nitrogens with zero attached hydrogens (tertiary/aromatic N) is 1. The highest BCUT2D eigenvalue weighted by molar-refractivity contribution is 5.70. The number of carbonyl (C=O) groups excluding carboxylic acids is 1. The predicted octanol–water partition coefficient (Wildman–Crippen LogP) is 4.36. The standard InChI is InChI=1S/C21H25F2NO2/c1-5-20(25)26-21(15(2)14-24(3)4,16-6-10-18(22)11-7-16)17-8-12-19(23)13-9-17/h6-13,15H,5,14H2,1-4H3/t15-/m1/s1. The molecule has 26 heavy (non-hydrogen) atoms. The van der Waals surface area contributed by atoms with Crippen LogP contribution in [0.3, 0.4) is 0 Å². The number of esters is 1. The molecule has 0 saturated heterocycles. The molecule has 5 heteroatoms. The van der Waals surface area contributed by atoms with Crippen molar-refractivity contribution in [2.45, 2.75) is 25.9 Å². The van der Waals surface area contributed by atoms with Gasteiger partial charge in [0.15, 0.2) is 5.60 Å². The Morgan fingerprint density at radius 2 is 1.42 bits per heavy atom. The highest BCUT2D eigenvalue weighted by Crippen LogP contribution is 2.41. The van der Waals surface area contributed by atoms with Crippen molar-refractivity contribution >= 4 is 5.97 Å². The Morgan fingerprint density at radius 3 is 1.77 bits per heavy atom. The molecule has 0 aliphatic carbocycles. The molecule has 0 saturated carbocycles. The van der Waals surface area contributed by atoms with Gasteiger partial charge < -0.3 is 9.64 Å². The summed E-state index contributed by atoms with van der Waals surface area (Å²) >= 11 is 0. The zero-order chi connectivity index (χ0) is 19.3. The van der Waals surface area contributed by atoms with Crippen LogP contribution in [0.4, 0.5) is 8.78 Å². The van der Waals surface area contributed by atoms with E-state index in [0.717, 1.165) is 0 Å². The molecule has 0 aliphatic rings. The number of benzene rings is 2. The fraction of sp³-hybridized carbons (Fsp3) is 0.381. The van der Waals surface area contributed by atoms with Crippen molar-refractivity contribution in [1.82, 2.24) is 4.90 Å². The maximum absolute atomic E-state index is 13.5. The van der Waals surface area contributed by atoms with E-state index in [1.165, 1.54) is 24.3 Å². The van der Waals surface area contributed by atoms with Gasteiger partial charge in [-0.15, -0.1) is 0 Å². The van der Waals surface area contributed by atoms with E-state index >= 15 is 0 Å². The molecule has 0 heterocycles. The second kappa shape index (κ2) is 8.41. The van der Waals surface area contributed by atoms with Gasteiger partial charge in [0.25, 0.3) is 0 Å². The third kappa shape index (κ3) is 4.28. The van der Waals surface area contributed by atoms with Gasteiger partial charge in [0.1, 0.15) is 11.6 Å². The molecule has 0 N–H and O–H groups in total. The molecular weight excluding hydrogens is 336 g/mol. The fourth-order valence-electron chi connectivity index (χ4n) is 3.28. The highest BCUT2D eigenvalue weighted by atomic mass is 19.1. The number of hydrogen-bond acceptors (Lipinski definition) is 3. The monoisotopic (exact) mass is 361 g/mol. The molecule has 0 spiro atoms. The van der Waals surface area contributed by atoms with Gasteiger partial charge in [-0.25, -0.2) is 8.78 Å². The Kier molecular flexibility index (Phi) is 6.48. The summed E-state index contributed by atoms with van der Waals surface area (Å²) in [6, 6.07) is 11.8. The van der Waals surface area contributed by atoms with Gasteiger partial charge >= 0.3 is 5.97 Å². The lowest BCUT2D eigenvalue weighted by molar-refractivity contribution is -0.162. The molecule has 1 atom stereocenters. The summed E-state index contributed by atoms with van der Waals surface area (Å²) in [5.41, 5.74) is 0.169. The number of rotatable bonds is 7. The van der Waals surface area contributed by atoms with Crippen LogP contribution in [0, 0.1) is 17.6 Å². The molecule has 0 aliphatic heterocycles. The number of halogens is 2. The van der Waals surface area contributed by atoms with Crippen LogP contribution in [0.15, 0.2) is 48.5 Å². The maximum atomic E-state index is 13.5. The number of ether oxygens (including phenoxy) is 1. The molecule has 2 aromatic rings. The van der Waals surface area contributed by atoms with Gasteiger partial charge in [-0.1, -0.05) is 38.1 Å². The molecule has 3 nitrogen and oxygen atoms in total. The molecule has 0 bridgehead atoms. The summed E-state index contributed by atoms with van der Waals surface area (Å²) in [4.78, 5) is 14.3. The van der Waals surface area contributed by atoms with Crippen LogP contribution in [-0.2, 0) is 15.1 Å². The van der Waals surface area contributed by atoms with E-state index in [1.807, 2.05) is 25.9 Å². The number of hydrogen-bond donors (Lipinski definition) is 0. The first-order valence-corrected chi connectivity index (χ1v) is 8.68. The van der Waals surface area contributed by atoms with E-state index in [0.29, 0.717) is 17.7 Å². The summed E-state index contributed by atoms with van der Waals surface area (Å²) in [5, 5.41) is 0. The summed E-state index contributed by atoms with van der Waals surface area (Å²) in [6.45, 7) is 4.31. The molecule has 140 valence electrons. The molecule has 0 unspecified atom stereocenters. The van der Waals surface area contributed by atoms with Gasteiger partial charge in [-0.2, -0.15) is 0 Å². The van der Waals surface area contributed by atoms with Gasteiger partial charge in [-0.3, -0.25) is 4.79 Å². The van der Waals surface area contributed by atoms with E-state index in [1.54, 1.807) is 31.2 Å². The predicted molar refractivity (Wildman–Crippen MR) is 97.7 cm³/mol. The third-order valence-corrected chi connectivity index (χ3v) is 4.44. The average Bonchev–Trinajstić information content (AvgIpc) is 2.60. The molecule has 0 aromatic heterocycles. The van der Waals surface area contributed by atoms with Gasteiger partial charge in [0.05, 0.1) is 0 Å². The van der Waals surface area contributed by atoms with Gasteiger partial charge in [0, 0.05) is 30.0 Å². The van der Waals surface area contributed by atoms with E-state index in [-0.39, 0.29) is 29.9 Å². The Balaban J connectivity index is 2.70. The zero-order valence-electron chi connectivity index (χ0n) is 15.6. The Labute approximate surface area is 153 Å². The fourth-order valence-corrected chi connectivity index (χ4v) is 3.28. The largest absolute Gasteiger partial charge is 0.449 e. The van der Waals surface area contributed by atoms with Crippen molar-refractivity contribution in [3.05, 3.63) is 71.3 Å². The van der Waals surface area contributed by atoms with Crippen molar-refractivity contribution in [1.29, 1.82) is 0 Å². The summed E-state index contributed by atoms with van der Waals surface area (Å²) < 4.78 is 33.0. The lowest BCUT2D eigenvalue weighted by Crippen LogP contribution is -2.44. The normalized spacial score (nSPS) is 12.9. The zero-order valence-corrected chi connectivity index (χ0v) is 15.6. The van der Waals surface area contributed by atoms with Crippen molar-refractivity contribution in [2.75, 3.05) is 20.6 Å². The third-order valence-electron chi connectivity index (χ3n) is 4.44. The Bertz CT molecular complexity index is 681. The molecule has 2 aromatic carbocycles. The van der Waals surface area contributed by atoms with Crippen LogP contribution in [0.1, 0.15) is 31.4 Å². The maximum Gasteiger partial charge on any atom is 0.306 e. The van der Waals surface area contributed by atoms with E-state index in [4.69, 9.17) is 4.74 Å². The quantitative estimate of drug-likeness (QED) is 0.686. The summed E-state index contributed by atoms with van der Waals surface area (Å²) in [7, 11) is 3.86. The highest BCUT2D eigenvalue weighted by Gasteiger charge is 2.43. The van der Waals surface area contributed by atoms with Crippen LogP contribution in [0.2, 0.25) is 0 Å². The average molecular weight is 361 g/mol. The second-order valence-electron chi connectivity index (χ2n) is 6.74. The minimum atomic E-state index is -1.14. The van der Waals surface area contributed by atoms with Crippen molar-refractivity contribution < 1.29 is 18.3 Å². The van der Waals surface area contributed by atoms with E-state index in [2.05, 4.69) is 0 Å². The van der Waals surface area contributed by atoms with Crippen molar-refractivity contribution in [3.63, 3.8) is 0 Å². The lowest BCUT2D eigenvalue weighted by Gasteiger charge is -2.40. The summed E-state index contributed by atoms with van der Waals surface area (Å²) in [6.07, 6.45) is 0.207. The number of carbonyl (C=O) groups is 1. The van der Waals surface area contributed by atoms with Gasteiger partial charge in [0.2, 0.25) is 0 Å². The van der Waals surface area contributed by atoms with Crippen LogP contribution in [0.5, 0.6) is 0 Å². The Morgan fingerprint density at radius 1 is 1.00 bits per heavy atom. The smallest absolute Gasteiger partial charge is 0.306 e. The molecular formula is C21H25F2NO2. The minimum Gasteiger partial charge on any atom is -0.449 e. The lowest BCUT2D eigenvalue weighted by atomic mass is 9.76. The van der Waals surface area contributed by atoms with Crippen LogP contribution >= 0.6 is 0 Å². The van der Waals surface area contributed by atoms with Gasteiger partial charge in [-0.05, 0) is 38.4 Å². The van der Waals surface area contributed by atoms with Crippen LogP contribution in [-0.4, -0.2) is 31.5 Å². The van der Waals surface area contributed by atoms with E-state index in [9.17, 15) is 13.6 Å². The van der Waals surface area contributed by atoms with E-state index < -0.39 is 5.60 Å². The SMILES string of the molecule is CCC(=O)OC(c1ccc(F)cc1)(c1ccc(F)cc1)[C@H](C)CN(C)C. The second-order valence-corrected chi connectivity index (χ2v) is 6.74. The first-order chi connectivity index (χ1) is 12.3. The van der Waals surface area contributed by atoms with Crippen LogP contribution < -0.4 is 0 Å². The molecule has 0 radical (unpaired) electrons. The van der Waals surface area contributed by atoms with Crippen LogP contribution in [0.25, 0.3) is 0 Å². The Hall–Kier alpha value is -2.27. The first-order valence-electron chi connectivity index (χ1n) is 8.68.